The van der Waals surface area contributed by atoms with Gasteiger partial charge < -0.3 is 18.1 Å². The van der Waals surface area contributed by atoms with Crippen molar-refractivity contribution in [3.8, 4) is 0 Å². The number of rotatable bonds is 22. The maximum Gasteiger partial charge on any atom is 0.353 e. The van der Waals surface area contributed by atoms with Crippen LogP contribution in [-0.2, 0) is 27.2 Å². The van der Waals surface area contributed by atoms with Crippen molar-refractivity contribution >= 4 is 15.2 Å². The highest BCUT2D eigenvalue weighted by molar-refractivity contribution is 7.57. The maximum absolute atomic E-state index is 12.5. The van der Waals surface area contributed by atoms with Crippen molar-refractivity contribution in [3.63, 3.8) is 0 Å². The van der Waals surface area contributed by atoms with E-state index in [1.54, 1.807) is 0 Å². The third kappa shape index (κ3) is 17.5. The first-order valence-corrected chi connectivity index (χ1v) is 14.5. The van der Waals surface area contributed by atoms with Crippen molar-refractivity contribution in [2.45, 2.75) is 71.6 Å². The summed E-state index contributed by atoms with van der Waals surface area (Å²) in [7, 11) is -6.67. The highest BCUT2D eigenvalue weighted by Crippen LogP contribution is 2.51. The van der Waals surface area contributed by atoms with E-state index in [0.29, 0.717) is 32.5 Å². The maximum atomic E-state index is 12.5. The molecular weight excluding hydrogens is 434 g/mol. The van der Waals surface area contributed by atoms with Gasteiger partial charge in [0.1, 0.15) is 0 Å². The molecule has 0 rings (SSSR count). The third-order valence-electron chi connectivity index (χ3n) is 4.17. The van der Waals surface area contributed by atoms with Gasteiger partial charge in [-0.3, -0.25) is 9.13 Å². The van der Waals surface area contributed by atoms with E-state index in [2.05, 4.69) is 39.2 Å². The molecule has 0 amide bonds. The lowest BCUT2D eigenvalue weighted by molar-refractivity contribution is 0.180. The first-order chi connectivity index (χ1) is 14.9. The van der Waals surface area contributed by atoms with Crippen molar-refractivity contribution in [2.75, 3.05) is 26.4 Å². The molecule has 180 valence electrons. The third-order valence-corrected chi connectivity index (χ3v) is 7.24. The summed E-state index contributed by atoms with van der Waals surface area (Å²) in [5, 5.41) is 0. The van der Waals surface area contributed by atoms with Gasteiger partial charge in [-0.25, -0.2) is 0 Å². The quantitative estimate of drug-likeness (QED) is 0.0887. The Labute approximate surface area is 189 Å². The molecule has 0 radical (unpaired) electrons. The molecule has 0 fully saturated rings. The van der Waals surface area contributed by atoms with Crippen LogP contribution in [0.5, 0.6) is 0 Å². The van der Waals surface area contributed by atoms with Crippen LogP contribution in [0.4, 0.5) is 0 Å². The minimum absolute atomic E-state index is 0.132. The van der Waals surface area contributed by atoms with E-state index in [9.17, 15) is 9.13 Å². The van der Waals surface area contributed by atoms with E-state index in [4.69, 9.17) is 18.1 Å². The molecule has 0 aromatic heterocycles. The second-order valence-corrected chi connectivity index (χ2v) is 10.9. The van der Waals surface area contributed by atoms with Crippen molar-refractivity contribution in [1.29, 1.82) is 0 Å². The first-order valence-electron chi connectivity index (χ1n) is 11.3. The Kier molecular flexibility index (Phi) is 19.4. The molecule has 0 heterocycles. The van der Waals surface area contributed by atoms with E-state index in [1.165, 1.54) is 11.6 Å². The van der Waals surface area contributed by atoms with Gasteiger partial charge in [-0.15, -0.1) is 0 Å². The highest BCUT2D eigenvalue weighted by Gasteiger charge is 2.21. The van der Waals surface area contributed by atoms with E-state index in [0.717, 1.165) is 38.5 Å². The molecule has 2 atom stereocenters. The lowest BCUT2D eigenvalue weighted by atomic mass is 10.2. The average molecular weight is 477 g/mol. The Morgan fingerprint density at radius 2 is 0.935 bits per heavy atom. The summed E-state index contributed by atoms with van der Waals surface area (Å²) >= 11 is 0. The Morgan fingerprint density at radius 3 is 1.29 bits per heavy atom. The molecule has 0 N–H and O–H groups in total. The minimum Gasteiger partial charge on any atom is -0.306 e. The van der Waals surface area contributed by atoms with E-state index in [1.807, 2.05) is 12.2 Å². The summed E-state index contributed by atoms with van der Waals surface area (Å²) < 4.78 is 46.4. The molecule has 0 saturated carbocycles. The van der Waals surface area contributed by atoms with Gasteiger partial charge in [0.05, 0.1) is 26.4 Å². The summed E-state index contributed by atoms with van der Waals surface area (Å²) in [6.45, 7) is 12.3. The van der Waals surface area contributed by atoms with Crippen LogP contribution in [0.2, 0.25) is 0 Å². The van der Waals surface area contributed by atoms with E-state index >= 15 is 0 Å². The zero-order valence-corrected chi connectivity index (χ0v) is 21.2. The van der Waals surface area contributed by atoms with Gasteiger partial charge in [0.2, 0.25) is 0 Å². The molecule has 2 unspecified atom stereocenters. The van der Waals surface area contributed by atoms with Crippen LogP contribution >= 0.6 is 15.2 Å². The molecule has 0 spiro atoms. The predicted molar refractivity (Wildman–Crippen MR) is 131 cm³/mol. The Bertz CT molecular complexity index is 563. The van der Waals surface area contributed by atoms with Gasteiger partial charge in [0, 0.05) is 11.6 Å². The van der Waals surface area contributed by atoms with E-state index in [-0.39, 0.29) is 13.2 Å². The molecule has 0 saturated heterocycles. The van der Waals surface area contributed by atoms with Crippen molar-refractivity contribution in [2.24, 2.45) is 0 Å². The van der Waals surface area contributed by atoms with Crippen molar-refractivity contribution < 1.29 is 27.2 Å². The average Bonchev–Trinajstić information content (AvgIpc) is 2.77. The zero-order chi connectivity index (χ0) is 23.3. The standard InChI is InChI=1S/C23H42O6P2/c1-5-9-11-13-15-17-20-26-30(24,7-3)28-22-19-23-29-31(25,8-4)27-21-18-16-14-12-10-6-2/h7-8,13-16H,3-6,9-12,17-23H2,1-2H3/b15-13-,16-14-. The monoisotopic (exact) mass is 476 g/mol. The summed E-state index contributed by atoms with van der Waals surface area (Å²) in [5.74, 6) is 2.42. The molecule has 0 aliphatic heterocycles. The molecule has 0 aliphatic rings. The van der Waals surface area contributed by atoms with Crippen LogP contribution in [-0.4, -0.2) is 26.4 Å². The van der Waals surface area contributed by atoms with Crippen LogP contribution in [0.15, 0.2) is 49.1 Å². The molecule has 8 heteroatoms. The second kappa shape index (κ2) is 19.9. The summed E-state index contributed by atoms with van der Waals surface area (Å²) in [5.41, 5.74) is 0. The lowest BCUT2D eigenvalue weighted by Crippen LogP contribution is -2.02. The van der Waals surface area contributed by atoms with Gasteiger partial charge in [-0.1, -0.05) is 77.0 Å². The Hall–Kier alpha value is -0.740. The van der Waals surface area contributed by atoms with Crippen LogP contribution in [0.25, 0.3) is 0 Å². The van der Waals surface area contributed by atoms with Crippen LogP contribution in [0.1, 0.15) is 71.6 Å². The molecular formula is C23H42O6P2. The number of hydrogen-bond donors (Lipinski definition) is 0. The predicted octanol–water partition coefficient (Wildman–Crippen LogP) is 8.39. The van der Waals surface area contributed by atoms with Crippen LogP contribution < -0.4 is 0 Å². The molecule has 6 nitrogen and oxygen atoms in total. The van der Waals surface area contributed by atoms with Gasteiger partial charge >= 0.3 is 15.2 Å². The largest absolute Gasteiger partial charge is 0.353 e. The summed E-state index contributed by atoms with van der Waals surface area (Å²) in [4.78, 5) is 0. The molecule has 0 bridgehead atoms. The second-order valence-electron chi connectivity index (χ2n) is 6.94. The zero-order valence-electron chi connectivity index (χ0n) is 19.4. The SMILES string of the molecule is C=CP(=O)(OCC/C=C\CCCC)OCCCOP(=O)(C=C)OCC/C=C\CCCC. The van der Waals surface area contributed by atoms with E-state index < -0.39 is 15.2 Å². The first kappa shape index (κ1) is 30.3. The van der Waals surface area contributed by atoms with Crippen molar-refractivity contribution in [3.05, 3.63) is 49.1 Å². The normalized spacial score (nSPS) is 15.8. The molecule has 0 aromatic carbocycles. The van der Waals surface area contributed by atoms with Crippen molar-refractivity contribution in [1.82, 2.24) is 0 Å². The summed E-state index contributed by atoms with van der Waals surface area (Å²) in [6.07, 6.45) is 16.7. The van der Waals surface area contributed by atoms with Gasteiger partial charge in [0.15, 0.2) is 0 Å². The number of unbranched alkanes of at least 4 members (excludes halogenated alkanes) is 4. The fraction of sp³-hybridized carbons (Fsp3) is 0.652. The van der Waals surface area contributed by atoms with Gasteiger partial charge in [-0.05, 0) is 32.1 Å². The Balaban J connectivity index is 4.06. The van der Waals surface area contributed by atoms with Gasteiger partial charge in [0.25, 0.3) is 0 Å². The number of allylic oxidation sites excluding steroid dienone is 2. The fourth-order valence-corrected chi connectivity index (χ4v) is 4.40. The fourth-order valence-electron chi connectivity index (χ4n) is 2.34. The Morgan fingerprint density at radius 1 is 0.581 bits per heavy atom. The lowest BCUT2D eigenvalue weighted by Gasteiger charge is -2.16. The number of hydrogen-bond acceptors (Lipinski definition) is 6. The smallest absolute Gasteiger partial charge is 0.306 e. The minimum atomic E-state index is -3.34. The summed E-state index contributed by atoms with van der Waals surface area (Å²) in [6, 6.07) is 0. The van der Waals surface area contributed by atoms with Gasteiger partial charge in [-0.2, -0.15) is 0 Å². The highest BCUT2D eigenvalue weighted by atomic mass is 31.2. The van der Waals surface area contributed by atoms with Crippen LogP contribution in [0, 0.1) is 0 Å². The molecule has 0 aliphatic carbocycles. The molecule has 0 aromatic rings. The topological polar surface area (TPSA) is 71.1 Å². The van der Waals surface area contributed by atoms with Crippen LogP contribution in [0.3, 0.4) is 0 Å². The molecule has 31 heavy (non-hydrogen) atoms.